The van der Waals surface area contributed by atoms with Crippen LogP contribution in [0.3, 0.4) is 0 Å². The fraction of sp³-hybridized carbons (Fsp3) is 0.250. The van der Waals surface area contributed by atoms with Gasteiger partial charge in [0.1, 0.15) is 34.7 Å². The van der Waals surface area contributed by atoms with Crippen molar-refractivity contribution in [2.24, 2.45) is 0 Å². The number of carbonyl (C=O) groups excluding carboxylic acids is 1. The average Bonchev–Trinajstić information content (AvgIpc) is 3.53. The van der Waals surface area contributed by atoms with Gasteiger partial charge in [0.2, 0.25) is 5.91 Å². The lowest BCUT2D eigenvalue weighted by atomic mass is 10.0. The first-order valence-corrected chi connectivity index (χ1v) is 11.7. The van der Waals surface area contributed by atoms with Crippen LogP contribution >= 0.6 is 0 Å². The maximum absolute atomic E-state index is 13.1. The fourth-order valence-corrected chi connectivity index (χ4v) is 4.55. The van der Waals surface area contributed by atoms with E-state index in [2.05, 4.69) is 15.5 Å². The van der Waals surface area contributed by atoms with Crippen LogP contribution in [0.25, 0.3) is 11.0 Å². The molecule has 2 unspecified atom stereocenters. The molecule has 0 aliphatic heterocycles. The number of hydrogen-bond acceptors (Lipinski definition) is 7. The summed E-state index contributed by atoms with van der Waals surface area (Å²) in [5, 5.41) is 18.6. The van der Waals surface area contributed by atoms with Crippen molar-refractivity contribution in [2.75, 3.05) is 0 Å². The summed E-state index contributed by atoms with van der Waals surface area (Å²) in [6, 6.07) is 16.6. The normalized spacial score (nSPS) is 13.1. The second-order valence-corrected chi connectivity index (χ2v) is 8.92. The fourth-order valence-electron chi connectivity index (χ4n) is 4.55. The van der Waals surface area contributed by atoms with Gasteiger partial charge in [-0.1, -0.05) is 41.6 Å². The summed E-state index contributed by atoms with van der Waals surface area (Å²) >= 11 is 0. The molecule has 0 aliphatic rings. The molecular formula is C28H27N3O5. The largest absolute Gasteiger partial charge is 0.458 e. The van der Waals surface area contributed by atoms with Crippen LogP contribution in [0.5, 0.6) is 0 Å². The average molecular weight is 486 g/mol. The molecule has 5 rings (SSSR count). The summed E-state index contributed by atoms with van der Waals surface area (Å²) < 4.78 is 16.7. The smallest absolute Gasteiger partial charge is 0.225 e. The number of aliphatic hydroxyl groups is 1. The lowest BCUT2D eigenvalue weighted by molar-refractivity contribution is -0.121. The predicted molar refractivity (Wildman–Crippen MR) is 132 cm³/mol. The number of aryl methyl sites for hydroxylation is 4. The molecule has 1 amide bonds. The first kappa shape index (κ1) is 23.6. The van der Waals surface area contributed by atoms with Crippen molar-refractivity contribution in [3.05, 3.63) is 106 Å². The summed E-state index contributed by atoms with van der Waals surface area (Å²) in [4.78, 5) is 17.6. The first-order chi connectivity index (χ1) is 17.3. The van der Waals surface area contributed by atoms with E-state index in [0.717, 1.165) is 16.5 Å². The van der Waals surface area contributed by atoms with E-state index in [1.165, 1.54) is 0 Å². The Morgan fingerprint density at radius 1 is 1.00 bits per heavy atom. The van der Waals surface area contributed by atoms with Crippen LogP contribution in [0.4, 0.5) is 0 Å². The number of aliphatic hydroxyl groups excluding tert-OH is 1. The maximum Gasteiger partial charge on any atom is 0.225 e. The van der Waals surface area contributed by atoms with Crippen molar-refractivity contribution in [3.8, 4) is 0 Å². The van der Waals surface area contributed by atoms with Gasteiger partial charge in [-0.05, 0) is 50.1 Å². The van der Waals surface area contributed by atoms with E-state index in [4.69, 9.17) is 13.4 Å². The third-order valence-corrected chi connectivity index (χ3v) is 6.25. The van der Waals surface area contributed by atoms with E-state index in [-0.39, 0.29) is 12.3 Å². The quantitative estimate of drug-likeness (QED) is 0.327. The zero-order valence-corrected chi connectivity index (χ0v) is 20.5. The Labute approximate surface area is 207 Å². The van der Waals surface area contributed by atoms with E-state index in [9.17, 15) is 9.90 Å². The summed E-state index contributed by atoms with van der Waals surface area (Å²) in [5.41, 5.74) is 4.26. The van der Waals surface area contributed by atoms with Crippen LogP contribution in [0.2, 0.25) is 0 Å². The highest BCUT2D eigenvalue weighted by Crippen LogP contribution is 2.32. The molecule has 2 aromatic carbocycles. The number of furan rings is 1. The molecule has 0 saturated heterocycles. The van der Waals surface area contributed by atoms with Crippen LogP contribution in [0.1, 0.15) is 63.4 Å². The van der Waals surface area contributed by atoms with Crippen molar-refractivity contribution in [3.63, 3.8) is 0 Å². The Morgan fingerprint density at radius 2 is 1.78 bits per heavy atom. The Kier molecular flexibility index (Phi) is 6.20. The standard InChI is InChI=1S/C28H27N3O5/c1-15-25(16(2)36-31-15)28(33)23-14-21-12-19(10-11-22(21)35-23)13-24(32)30-27(20-8-6-5-7-9-20)26-17(3)34-18(4)29-26/h5-12,14,27-28,33H,13H2,1-4H3,(H,30,32). The van der Waals surface area contributed by atoms with Crippen molar-refractivity contribution in [2.45, 2.75) is 46.3 Å². The molecule has 5 aromatic rings. The Hall–Kier alpha value is -4.17. The summed E-state index contributed by atoms with van der Waals surface area (Å²) in [7, 11) is 0. The number of fused-ring (bicyclic) bond motifs is 1. The van der Waals surface area contributed by atoms with E-state index >= 15 is 0 Å². The van der Waals surface area contributed by atoms with Gasteiger partial charge >= 0.3 is 0 Å². The molecule has 184 valence electrons. The number of nitrogens with one attached hydrogen (secondary N) is 1. The lowest BCUT2D eigenvalue weighted by Gasteiger charge is -2.18. The predicted octanol–water partition coefficient (Wildman–Crippen LogP) is 5.17. The van der Waals surface area contributed by atoms with Gasteiger partial charge in [0.05, 0.1) is 23.7 Å². The van der Waals surface area contributed by atoms with Crippen molar-refractivity contribution < 1.29 is 23.3 Å². The molecule has 2 atom stereocenters. The number of amides is 1. The van der Waals surface area contributed by atoms with Crippen LogP contribution in [0.15, 0.2) is 68.0 Å². The Balaban J connectivity index is 1.37. The molecule has 8 heteroatoms. The molecule has 0 radical (unpaired) electrons. The van der Waals surface area contributed by atoms with Gasteiger partial charge in [-0.3, -0.25) is 4.79 Å². The zero-order valence-electron chi connectivity index (χ0n) is 20.5. The zero-order chi connectivity index (χ0) is 25.4. The molecule has 0 saturated carbocycles. The minimum Gasteiger partial charge on any atom is -0.458 e. The van der Waals surface area contributed by atoms with E-state index < -0.39 is 12.1 Å². The lowest BCUT2D eigenvalue weighted by Crippen LogP contribution is -2.31. The number of oxazole rings is 1. The maximum atomic E-state index is 13.1. The van der Waals surface area contributed by atoms with Crippen molar-refractivity contribution in [1.82, 2.24) is 15.5 Å². The van der Waals surface area contributed by atoms with Crippen molar-refractivity contribution in [1.29, 1.82) is 0 Å². The number of hydrogen-bond donors (Lipinski definition) is 2. The minimum atomic E-state index is -0.990. The summed E-state index contributed by atoms with van der Waals surface area (Å²) in [5.74, 6) is 2.01. The highest BCUT2D eigenvalue weighted by atomic mass is 16.5. The topological polar surface area (TPSA) is 115 Å². The van der Waals surface area contributed by atoms with Gasteiger partial charge < -0.3 is 23.8 Å². The number of benzene rings is 2. The second-order valence-electron chi connectivity index (χ2n) is 8.92. The number of nitrogens with zero attached hydrogens (tertiary/aromatic N) is 2. The highest BCUT2D eigenvalue weighted by molar-refractivity contribution is 5.83. The molecule has 36 heavy (non-hydrogen) atoms. The molecule has 0 bridgehead atoms. The molecule has 0 spiro atoms. The summed E-state index contributed by atoms with van der Waals surface area (Å²) in [6.07, 6.45) is -0.821. The van der Waals surface area contributed by atoms with E-state index in [1.807, 2.05) is 49.4 Å². The second kappa shape index (κ2) is 9.47. The van der Waals surface area contributed by atoms with Gasteiger partial charge in [-0.15, -0.1) is 0 Å². The molecule has 2 N–H and O–H groups in total. The van der Waals surface area contributed by atoms with Gasteiger partial charge in [0.15, 0.2) is 5.89 Å². The van der Waals surface area contributed by atoms with Gasteiger partial charge in [-0.2, -0.15) is 0 Å². The van der Waals surface area contributed by atoms with Crippen LogP contribution < -0.4 is 5.32 Å². The van der Waals surface area contributed by atoms with Gasteiger partial charge in [0.25, 0.3) is 0 Å². The molecule has 0 fully saturated rings. The van der Waals surface area contributed by atoms with Crippen molar-refractivity contribution >= 4 is 16.9 Å². The van der Waals surface area contributed by atoms with Crippen LogP contribution in [0, 0.1) is 27.7 Å². The third kappa shape index (κ3) is 4.55. The van der Waals surface area contributed by atoms with Crippen LogP contribution in [-0.2, 0) is 11.2 Å². The number of carbonyl (C=O) groups is 1. The number of aromatic nitrogens is 2. The molecule has 3 aromatic heterocycles. The van der Waals surface area contributed by atoms with E-state index in [0.29, 0.717) is 45.7 Å². The molecule has 3 heterocycles. The van der Waals surface area contributed by atoms with E-state index in [1.54, 1.807) is 32.9 Å². The first-order valence-electron chi connectivity index (χ1n) is 11.7. The molecule has 0 aliphatic carbocycles. The van der Waals surface area contributed by atoms with Crippen LogP contribution in [-0.4, -0.2) is 21.2 Å². The van der Waals surface area contributed by atoms with Gasteiger partial charge in [-0.25, -0.2) is 4.98 Å². The summed E-state index contributed by atoms with van der Waals surface area (Å²) in [6.45, 7) is 7.16. The number of rotatable bonds is 7. The highest BCUT2D eigenvalue weighted by Gasteiger charge is 2.25. The van der Waals surface area contributed by atoms with Gasteiger partial charge in [0, 0.05) is 12.3 Å². The third-order valence-electron chi connectivity index (χ3n) is 6.25. The Bertz CT molecular complexity index is 1510. The minimum absolute atomic E-state index is 0.150. The molecule has 8 nitrogen and oxygen atoms in total. The SMILES string of the molecule is Cc1nc(C(NC(=O)Cc2ccc3oc(C(O)c4c(C)noc4C)cc3c2)c2ccccc2)c(C)o1. The monoisotopic (exact) mass is 485 g/mol. The Morgan fingerprint density at radius 3 is 2.44 bits per heavy atom. The molecular weight excluding hydrogens is 458 g/mol.